The van der Waals surface area contributed by atoms with Crippen molar-refractivity contribution in [3.8, 4) is 5.75 Å². The molecule has 0 bridgehead atoms. The molecule has 2 rings (SSSR count). The van der Waals surface area contributed by atoms with Crippen LogP contribution in [0.1, 0.15) is 36.7 Å². The molecule has 0 heterocycles. The molecule has 0 saturated carbocycles. The lowest BCUT2D eigenvalue weighted by molar-refractivity contribution is -0.151. The van der Waals surface area contributed by atoms with E-state index in [4.69, 9.17) is 9.47 Å². The molecule has 4 heteroatoms. The fourth-order valence-corrected chi connectivity index (χ4v) is 1.93. The van der Waals surface area contributed by atoms with Gasteiger partial charge in [0.2, 0.25) is 0 Å². The van der Waals surface area contributed by atoms with Crippen molar-refractivity contribution in [1.82, 2.24) is 0 Å². The summed E-state index contributed by atoms with van der Waals surface area (Å²) in [6.45, 7) is 5.41. The molecule has 0 amide bonds. The third-order valence-electron chi connectivity index (χ3n) is 3.35. The first kappa shape index (κ1) is 17.7. The number of hydrogen-bond donors (Lipinski definition) is 0. The van der Waals surface area contributed by atoms with Gasteiger partial charge in [-0.15, -0.1) is 0 Å². The SMILES string of the molecule is CC(C)(C)C(=O)OCC(=O)c1cccc(OCc2ccccc2)c1. The molecular formula is C20H22O4. The van der Waals surface area contributed by atoms with Gasteiger partial charge in [-0.25, -0.2) is 0 Å². The minimum Gasteiger partial charge on any atom is -0.489 e. The van der Waals surface area contributed by atoms with Crippen LogP contribution in [0.25, 0.3) is 0 Å². The average molecular weight is 326 g/mol. The highest BCUT2D eigenvalue weighted by atomic mass is 16.5. The van der Waals surface area contributed by atoms with Gasteiger partial charge in [-0.3, -0.25) is 9.59 Å². The lowest BCUT2D eigenvalue weighted by Crippen LogP contribution is -2.25. The Balaban J connectivity index is 1.94. The fourth-order valence-electron chi connectivity index (χ4n) is 1.93. The van der Waals surface area contributed by atoms with Gasteiger partial charge in [-0.2, -0.15) is 0 Å². The Morgan fingerprint density at radius 1 is 0.958 bits per heavy atom. The van der Waals surface area contributed by atoms with Crippen LogP contribution in [0.4, 0.5) is 0 Å². The van der Waals surface area contributed by atoms with Crippen molar-refractivity contribution < 1.29 is 19.1 Å². The number of ether oxygens (including phenoxy) is 2. The van der Waals surface area contributed by atoms with E-state index in [-0.39, 0.29) is 12.4 Å². The summed E-state index contributed by atoms with van der Waals surface area (Å²) >= 11 is 0. The fraction of sp³-hybridized carbons (Fsp3) is 0.300. The van der Waals surface area contributed by atoms with Gasteiger partial charge < -0.3 is 9.47 Å². The number of hydrogen-bond acceptors (Lipinski definition) is 4. The molecule has 24 heavy (non-hydrogen) atoms. The highest BCUT2D eigenvalue weighted by Gasteiger charge is 2.24. The molecule has 2 aromatic rings. The molecule has 0 aliphatic rings. The second kappa shape index (κ2) is 7.77. The quantitative estimate of drug-likeness (QED) is 0.594. The summed E-state index contributed by atoms with van der Waals surface area (Å²) in [4.78, 5) is 23.9. The third kappa shape index (κ3) is 5.23. The van der Waals surface area contributed by atoms with Crippen molar-refractivity contribution in [3.05, 3.63) is 65.7 Å². The molecule has 2 aromatic carbocycles. The molecule has 0 aliphatic carbocycles. The summed E-state index contributed by atoms with van der Waals surface area (Å²) < 4.78 is 10.8. The number of benzene rings is 2. The Hall–Kier alpha value is -2.62. The molecule has 0 spiro atoms. The Morgan fingerprint density at radius 2 is 1.67 bits per heavy atom. The topological polar surface area (TPSA) is 52.6 Å². The molecule has 126 valence electrons. The maximum Gasteiger partial charge on any atom is 0.311 e. The van der Waals surface area contributed by atoms with Crippen LogP contribution >= 0.6 is 0 Å². The number of ketones is 1. The number of rotatable bonds is 6. The zero-order valence-electron chi connectivity index (χ0n) is 14.2. The van der Waals surface area contributed by atoms with Crippen LogP contribution in [-0.2, 0) is 16.1 Å². The average Bonchev–Trinajstić information content (AvgIpc) is 2.58. The van der Waals surface area contributed by atoms with Gasteiger partial charge in [0.05, 0.1) is 5.41 Å². The van der Waals surface area contributed by atoms with Crippen molar-refractivity contribution in [2.24, 2.45) is 5.41 Å². The Morgan fingerprint density at radius 3 is 2.33 bits per heavy atom. The van der Waals surface area contributed by atoms with Crippen LogP contribution in [0, 0.1) is 5.41 Å². The van der Waals surface area contributed by atoms with Gasteiger partial charge in [-0.05, 0) is 38.5 Å². The summed E-state index contributed by atoms with van der Waals surface area (Å²) in [6, 6.07) is 16.7. The van der Waals surface area contributed by atoms with Gasteiger partial charge in [0.15, 0.2) is 12.4 Å². The van der Waals surface area contributed by atoms with Gasteiger partial charge in [0.1, 0.15) is 12.4 Å². The maximum atomic E-state index is 12.2. The van der Waals surface area contributed by atoms with Gasteiger partial charge in [0.25, 0.3) is 0 Å². The van der Waals surface area contributed by atoms with Crippen LogP contribution in [-0.4, -0.2) is 18.4 Å². The summed E-state index contributed by atoms with van der Waals surface area (Å²) in [5.41, 5.74) is 0.886. The molecule has 0 unspecified atom stereocenters. The Kier molecular flexibility index (Phi) is 5.74. The van der Waals surface area contributed by atoms with Gasteiger partial charge >= 0.3 is 5.97 Å². The molecule has 0 fully saturated rings. The van der Waals surface area contributed by atoms with Crippen molar-refractivity contribution in [2.45, 2.75) is 27.4 Å². The van der Waals surface area contributed by atoms with Crippen LogP contribution < -0.4 is 4.74 Å². The van der Waals surface area contributed by atoms with Crippen LogP contribution in [0.15, 0.2) is 54.6 Å². The van der Waals surface area contributed by atoms with Crippen LogP contribution in [0.3, 0.4) is 0 Å². The van der Waals surface area contributed by atoms with Gasteiger partial charge in [-0.1, -0.05) is 42.5 Å². The summed E-state index contributed by atoms with van der Waals surface area (Å²) in [5.74, 6) is -0.0445. The lowest BCUT2D eigenvalue weighted by Gasteiger charge is -2.16. The second-order valence-corrected chi connectivity index (χ2v) is 6.55. The van der Waals surface area contributed by atoms with E-state index < -0.39 is 11.4 Å². The van der Waals surface area contributed by atoms with Gasteiger partial charge in [0, 0.05) is 5.56 Å². The van der Waals surface area contributed by atoms with Crippen LogP contribution in [0.5, 0.6) is 5.75 Å². The largest absolute Gasteiger partial charge is 0.489 e. The van der Waals surface area contributed by atoms with E-state index >= 15 is 0 Å². The number of esters is 1. The molecule has 0 aromatic heterocycles. The third-order valence-corrected chi connectivity index (χ3v) is 3.35. The second-order valence-electron chi connectivity index (χ2n) is 6.55. The molecular weight excluding hydrogens is 304 g/mol. The predicted octanol–water partition coefficient (Wildman–Crippen LogP) is 4.04. The van der Waals surface area contributed by atoms with E-state index in [0.717, 1.165) is 5.56 Å². The van der Waals surface area contributed by atoms with Crippen LogP contribution in [0.2, 0.25) is 0 Å². The highest BCUT2D eigenvalue weighted by Crippen LogP contribution is 2.18. The molecule has 0 radical (unpaired) electrons. The summed E-state index contributed by atoms with van der Waals surface area (Å²) in [6.07, 6.45) is 0. The molecule has 0 atom stereocenters. The first-order valence-corrected chi connectivity index (χ1v) is 7.83. The molecule has 0 aliphatic heterocycles. The van der Waals surface area contributed by atoms with Crippen molar-refractivity contribution in [1.29, 1.82) is 0 Å². The monoisotopic (exact) mass is 326 g/mol. The van der Waals surface area contributed by atoms with E-state index in [9.17, 15) is 9.59 Å². The van der Waals surface area contributed by atoms with E-state index in [1.165, 1.54) is 0 Å². The summed E-state index contributed by atoms with van der Waals surface area (Å²) in [7, 11) is 0. The zero-order chi connectivity index (χ0) is 17.6. The van der Waals surface area contributed by atoms with E-state index in [1.807, 2.05) is 30.3 Å². The summed E-state index contributed by atoms with van der Waals surface area (Å²) in [5, 5.41) is 0. The number of Topliss-reactive ketones (excluding diaryl/α,β-unsaturated/α-hetero) is 1. The molecule has 0 saturated heterocycles. The minimum absolute atomic E-state index is 0.252. The first-order chi connectivity index (χ1) is 11.4. The van der Waals surface area contributed by atoms with E-state index in [1.54, 1.807) is 45.0 Å². The van der Waals surface area contributed by atoms with Crippen molar-refractivity contribution in [3.63, 3.8) is 0 Å². The zero-order valence-corrected chi connectivity index (χ0v) is 14.2. The minimum atomic E-state index is -0.624. The van der Waals surface area contributed by atoms with E-state index in [0.29, 0.717) is 17.9 Å². The molecule has 4 nitrogen and oxygen atoms in total. The predicted molar refractivity (Wildman–Crippen MR) is 92.0 cm³/mol. The molecule has 0 N–H and O–H groups in total. The number of carbonyl (C=O) groups excluding carboxylic acids is 2. The highest BCUT2D eigenvalue weighted by molar-refractivity contribution is 5.98. The Bertz CT molecular complexity index is 699. The number of carbonyl (C=O) groups is 2. The van der Waals surface area contributed by atoms with Crippen molar-refractivity contribution >= 4 is 11.8 Å². The lowest BCUT2D eigenvalue weighted by atomic mass is 9.97. The smallest absolute Gasteiger partial charge is 0.311 e. The Labute approximate surface area is 142 Å². The standard InChI is InChI=1S/C20H22O4/c1-20(2,3)19(22)24-14-18(21)16-10-7-11-17(12-16)23-13-15-8-5-4-6-9-15/h4-12H,13-14H2,1-3H3. The van der Waals surface area contributed by atoms with Crippen molar-refractivity contribution in [2.75, 3.05) is 6.61 Å². The normalized spacial score (nSPS) is 11.0. The maximum absolute atomic E-state index is 12.2. The van der Waals surface area contributed by atoms with E-state index in [2.05, 4.69) is 0 Å². The first-order valence-electron chi connectivity index (χ1n) is 7.83.